The number of likely N-dealkylation sites (N-methyl/N-ethyl adjacent to an activating group) is 1. The third kappa shape index (κ3) is 4.37. The zero-order chi connectivity index (χ0) is 23.7. The predicted molar refractivity (Wildman–Crippen MR) is 130 cm³/mol. The molecule has 1 N–H and O–H groups in total. The average molecular weight is 449 g/mol. The van der Waals surface area contributed by atoms with Crippen molar-refractivity contribution >= 4 is 29.1 Å². The smallest absolute Gasteiger partial charge is 0.262 e. The number of anilines is 2. The molecule has 1 atom stereocenters. The molecule has 2 aromatic rings. The van der Waals surface area contributed by atoms with Gasteiger partial charge in [-0.15, -0.1) is 0 Å². The van der Waals surface area contributed by atoms with E-state index in [9.17, 15) is 14.4 Å². The molecule has 1 unspecified atom stereocenters. The van der Waals surface area contributed by atoms with Crippen molar-refractivity contribution in [2.24, 2.45) is 5.92 Å². The lowest BCUT2D eigenvalue weighted by Crippen LogP contribution is -2.50. The van der Waals surface area contributed by atoms with Gasteiger partial charge in [0.1, 0.15) is 6.04 Å². The molecule has 7 nitrogen and oxygen atoms in total. The van der Waals surface area contributed by atoms with Crippen molar-refractivity contribution < 1.29 is 14.4 Å². The second-order valence-electron chi connectivity index (χ2n) is 9.12. The molecule has 0 spiro atoms. The number of rotatable bonds is 6. The number of hydrogen-bond acceptors (Lipinski definition) is 5. The van der Waals surface area contributed by atoms with Crippen LogP contribution in [0.25, 0.3) is 0 Å². The fraction of sp³-hybridized carbons (Fsp3) is 0.423. The molecule has 2 aliphatic rings. The molecular weight excluding hydrogens is 416 g/mol. The van der Waals surface area contributed by atoms with E-state index in [1.165, 1.54) is 0 Å². The number of carbonyl (C=O) groups excluding carboxylic acids is 3. The van der Waals surface area contributed by atoms with Gasteiger partial charge in [-0.25, -0.2) is 0 Å². The Kier molecular flexibility index (Phi) is 6.51. The monoisotopic (exact) mass is 448 g/mol. The summed E-state index contributed by atoms with van der Waals surface area (Å²) in [4.78, 5) is 45.1. The maximum absolute atomic E-state index is 13.3. The molecule has 0 bridgehead atoms. The number of hydrogen-bond donors (Lipinski definition) is 1. The summed E-state index contributed by atoms with van der Waals surface area (Å²) in [5, 5.41) is 2.97. The SMILES string of the molecule is CCN1CCN(c2ccc(NC(=O)C(C(C)C)N3C(=O)c4ccccc4C3=O)c(C)c2)CC1. The second-order valence-corrected chi connectivity index (χ2v) is 9.12. The van der Waals surface area contributed by atoms with E-state index in [-0.39, 0.29) is 11.8 Å². The molecule has 7 heteroatoms. The van der Waals surface area contributed by atoms with E-state index in [0.29, 0.717) is 16.8 Å². The molecule has 2 heterocycles. The van der Waals surface area contributed by atoms with E-state index in [0.717, 1.165) is 48.9 Å². The van der Waals surface area contributed by atoms with Gasteiger partial charge in [-0.3, -0.25) is 19.3 Å². The van der Waals surface area contributed by atoms with Crippen molar-refractivity contribution in [3.63, 3.8) is 0 Å². The summed E-state index contributed by atoms with van der Waals surface area (Å²) in [6, 6.07) is 11.9. The van der Waals surface area contributed by atoms with E-state index in [4.69, 9.17) is 0 Å². The van der Waals surface area contributed by atoms with Gasteiger partial charge in [-0.05, 0) is 55.3 Å². The summed E-state index contributed by atoms with van der Waals surface area (Å²) >= 11 is 0. The van der Waals surface area contributed by atoms with E-state index >= 15 is 0 Å². The van der Waals surface area contributed by atoms with Crippen LogP contribution >= 0.6 is 0 Å². The minimum atomic E-state index is -0.890. The lowest BCUT2D eigenvalue weighted by molar-refractivity contribution is -0.121. The molecule has 3 amide bonds. The van der Waals surface area contributed by atoms with Crippen molar-refractivity contribution in [2.75, 3.05) is 42.9 Å². The van der Waals surface area contributed by atoms with Crippen molar-refractivity contribution in [3.8, 4) is 0 Å². The highest BCUT2D eigenvalue weighted by molar-refractivity contribution is 6.23. The molecule has 2 aliphatic heterocycles. The summed E-state index contributed by atoms with van der Waals surface area (Å²) in [5.41, 5.74) is 3.48. The van der Waals surface area contributed by atoms with Crippen molar-refractivity contribution in [2.45, 2.75) is 33.7 Å². The Morgan fingerprint density at radius 1 is 0.970 bits per heavy atom. The largest absolute Gasteiger partial charge is 0.369 e. The van der Waals surface area contributed by atoms with E-state index in [1.807, 2.05) is 32.9 Å². The van der Waals surface area contributed by atoms with Gasteiger partial charge in [0.25, 0.3) is 11.8 Å². The minimum Gasteiger partial charge on any atom is -0.369 e. The molecule has 174 valence electrons. The van der Waals surface area contributed by atoms with E-state index < -0.39 is 17.9 Å². The summed E-state index contributed by atoms with van der Waals surface area (Å²) in [5.74, 6) is -1.42. The van der Waals surface area contributed by atoms with Crippen LogP contribution in [-0.2, 0) is 4.79 Å². The number of amides is 3. The number of nitrogens with one attached hydrogen (secondary N) is 1. The highest BCUT2D eigenvalue weighted by Crippen LogP contribution is 2.29. The van der Waals surface area contributed by atoms with Crippen LogP contribution in [-0.4, -0.2) is 66.3 Å². The van der Waals surface area contributed by atoms with Crippen LogP contribution in [0, 0.1) is 12.8 Å². The van der Waals surface area contributed by atoms with Crippen LogP contribution in [0.5, 0.6) is 0 Å². The maximum atomic E-state index is 13.3. The zero-order valence-electron chi connectivity index (χ0n) is 19.8. The third-order valence-corrected chi connectivity index (χ3v) is 6.66. The van der Waals surface area contributed by atoms with Crippen LogP contribution < -0.4 is 10.2 Å². The number of benzene rings is 2. The molecule has 0 saturated carbocycles. The highest BCUT2D eigenvalue weighted by atomic mass is 16.2. The van der Waals surface area contributed by atoms with Crippen LogP contribution in [0.15, 0.2) is 42.5 Å². The van der Waals surface area contributed by atoms with Gasteiger partial charge in [0.2, 0.25) is 5.91 Å². The van der Waals surface area contributed by atoms with Gasteiger partial charge >= 0.3 is 0 Å². The second kappa shape index (κ2) is 9.35. The molecular formula is C26H32N4O3. The number of fused-ring (bicyclic) bond motifs is 1. The summed E-state index contributed by atoms with van der Waals surface area (Å²) in [6.07, 6.45) is 0. The lowest BCUT2D eigenvalue weighted by atomic mass is 10.0. The van der Waals surface area contributed by atoms with Gasteiger partial charge in [-0.1, -0.05) is 32.9 Å². The maximum Gasteiger partial charge on any atom is 0.262 e. The molecule has 0 radical (unpaired) electrons. The van der Waals surface area contributed by atoms with Gasteiger partial charge in [-0.2, -0.15) is 0 Å². The molecule has 2 aromatic carbocycles. The van der Waals surface area contributed by atoms with Crippen molar-refractivity contribution in [3.05, 3.63) is 59.2 Å². The van der Waals surface area contributed by atoms with Crippen molar-refractivity contribution in [1.29, 1.82) is 0 Å². The Bertz CT molecular complexity index is 1040. The Hall–Kier alpha value is -3.19. The number of nitrogens with zero attached hydrogens (tertiary/aromatic N) is 3. The Labute approximate surface area is 195 Å². The molecule has 1 saturated heterocycles. The Morgan fingerprint density at radius 2 is 1.58 bits per heavy atom. The lowest BCUT2D eigenvalue weighted by Gasteiger charge is -2.35. The molecule has 4 rings (SSSR count). The first-order valence-electron chi connectivity index (χ1n) is 11.7. The molecule has 33 heavy (non-hydrogen) atoms. The highest BCUT2D eigenvalue weighted by Gasteiger charge is 2.43. The fourth-order valence-electron chi connectivity index (χ4n) is 4.69. The summed E-state index contributed by atoms with van der Waals surface area (Å²) in [7, 11) is 0. The van der Waals surface area contributed by atoms with E-state index in [2.05, 4.69) is 28.1 Å². The van der Waals surface area contributed by atoms with Crippen molar-refractivity contribution in [1.82, 2.24) is 9.80 Å². The standard InChI is InChI=1S/C26H32N4O3/c1-5-28-12-14-29(15-13-28)19-10-11-22(18(4)16-19)27-24(31)23(17(2)3)30-25(32)20-8-6-7-9-21(20)26(30)33/h6-11,16-17,23H,5,12-15H2,1-4H3,(H,27,31). The Balaban J connectivity index is 1.51. The summed E-state index contributed by atoms with van der Waals surface area (Å²) in [6.45, 7) is 13.0. The third-order valence-electron chi connectivity index (χ3n) is 6.66. The van der Waals surface area contributed by atoms with Gasteiger partial charge < -0.3 is 15.1 Å². The van der Waals surface area contributed by atoms with Gasteiger partial charge in [0.15, 0.2) is 0 Å². The van der Waals surface area contributed by atoms with Crippen LogP contribution in [0.3, 0.4) is 0 Å². The average Bonchev–Trinajstić information content (AvgIpc) is 3.06. The molecule has 1 fully saturated rings. The van der Waals surface area contributed by atoms with Crippen LogP contribution in [0.1, 0.15) is 47.1 Å². The number of aryl methyl sites for hydroxylation is 1. The van der Waals surface area contributed by atoms with Crippen LogP contribution in [0.4, 0.5) is 11.4 Å². The normalized spacial score (nSPS) is 17.5. The quantitative estimate of drug-likeness (QED) is 0.686. The fourth-order valence-corrected chi connectivity index (χ4v) is 4.69. The van der Waals surface area contributed by atoms with E-state index in [1.54, 1.807) is 24.3 Å². The number of carbonyl (C=O) groups is 3. The number of imide groups is 1. The Morgan fingerprint density at radius 3 is 2.09 bits per heavy atom. The topological polar surface area (TPSA) is 73.0 Å². The molecule has 0 aromatic heterocycles. The zero-order valence-corrected chi connectivity index (χ0v) is 19.8. The number of piperazine rings is 1. The first-order valence-corrected chi connectivity index (χ1v) is 11.7. The predicted octanol–water partition coefficient (Wildman–Crippen LogP) is 3.40. The van der Waals surface area contributed by atoms with Gasteiger partial charge in [0.05, 0.1) is 11.1 Å². The minimum absolute atomic E-state index is 0.235. The van der Waals surface area contributed by atoms with Gasteiger partial charge in [0, 0.05) is 37.6 Å². The van der Waals surface area contributed by atoms with Crippen LogP contribution in [0.2, 0.25) is 0 Å². The summed E-state index contributed by atoms with van der Waals surface area (Å²) < 4.78 is 0. The first-order chi connectivity index (χ1) is 15.8. The first kappa shape index (κ1) is 23.0. The molecule has 0 aliphatic carbocycles.